The molecule has 3 rings (SSSR count). The Balaban J connectivity index is 0.00000107. The van der Waals surface area contributed by atoms with Crippen molar-refractivity contribution >= 4 is 83.3 Å². The van der Waals surface area contributed by atoms with Crippen molar-refractivity contribution in [1.82, 2.24) is 15.3 Å². The molecule has 2 heterocycles. The van der Waals surface area contributed by atoms with Gasteiger partial charge >= 0.3 is 54.2 Å². The Bertz CT molecular complexity index is 1920. The predicted molar refractivity (Wildman–Crippen MR) is 218 cm³/mol. The number of carboxylic acids is 7. The number of nitrogen functional groups attached to an aromatic ring is 1. The van der Waals surface area contributed by atoms with E-state index in [0.29, 0.717) is 30.3 Å². The zero-order chi connectivity index (χ0) is 49.1. The van der Waals surface area contributed by atoms with Gasteiger partial charge in [-0.2, -0.15) is 4.98 Å². The minimum atomic E-state index is -1.33. The summed E-state index contributed by atoms with van der Waals surface area (Å²) in [5, 5.41) is 69.7. The fourth-order valence-electron chi connectivity index (χ4n) is 4.41. The Morgan fingerprint density at radius 1 is 0.734 bits per heavy atom. The highest BCUT2D eigenvalue weighted by Crippen LogP contribution is 2.20. The van der Waals surface area contributed by atoms with E-state index in [1.54, 1.807) is 12.1 Å². The molecule has 1 amide bonds. The second-order valence-corrected chi connectivity index (χ2v) is 13.0. The number of esters is 1. The Morgan fingerprint density at radius 3 is 1.61 bits per heavy atom. The standard InChI is InChI=1S/C20H23N7O7.3C5H9NO4/c21-20-26-16-15(18(31)27-20)24-12(8-23-16)7-22-11-3-1-10(2-4-11)17(30)25-13(19(32)33)5-6-14(29)34-9-28;3*6-3(5(9)10)1-2-4(7)8/h1-4,9,12-13,22,24H,5-8H2,(H,25,30)(H,32,33)(H4,21,23,26,27,31);3*3H,1-2,6H2,(H,7,8)(H,9,10)/t12?,13-;3*3-/m0000/s1. The van der Waals surface area contributed by atoms with Crippen LogP contribution in [0.2, 0.25) is 0 Å². The van der Waals surface area contributed by atoms with Crippen LogP contribution in [0.1, 0.15) is 61.7 Å². The van der Waals surface area contributed by atoms with Crippen LogP contribution in [0.4, 0.5) is 23.1 Å². The van der Waals surface area contributed by atoms with E-state index in [4.69, 9.17) is 53.6 Å². The number of nitrogens with two attached hydrogens (primary N) is 4. The number of anilines is 4. The van der Waals surface area contributed by atoms with Gasteiger partial charge in [-0.05, 0) is 49.9 Å². The van der Waals surface area contributed by atoms with Crippen LogP contribution in [0.25, 0.3) is 0 Å². The maximum Gasteiger partial charge on any atom is 0.326 e. The minimum Gasteiger partial charge on any atom is -0.481 e. The third-order valence-electron chi connectivity index (χ3n) is 7.88. The smallest absolute Gasteiger partial charge is 0.326 e. The number of rotatable bonds is 22. The summed E-state index contributed by atoms with van der Waals surface area (Å²) in [5.74, 6) is -9.03. The van der Waals surface area contributed by atoms with Crippen LogP contribution in [-0.4, -0.2) is 149 Å². The number of carbonyl (C=O) groups excluding carboxylic acids is 3. The number of hydrogen-bond donors (Lipinski definition) is 16. The van der Waals surface area contributed by atoms with Crippen molar-refractivity contribution in [2.24, 2.45) is 17.2 Å². The maximum absolute atomic E-state index is 12.4. The van der Waals surface area contributed by atoms with Gasteiger partial charge in [0, 0.05) is 50.0 Å². The number of benzene rings is 1. The number of carboxylic acid groups (broad SMARTS) is 7. The van der Waals surface area contributed by atoms with Crippen LogP contribution in [0, 0.1) is 0 Å². The van der Waals surface area contributed by atoms with Crippen molar-refractivity contribution in [3.05, 3.63) is 40.2 Å². The number of H-pyrrole nitrogens is 1. The number of aromatic nitrogens is 2. The van der Waals surface area contributed by atoms with Gasteiger partial charge in [-0.1, -0.05) is 0 Å². The molecule has 1 aliphatic heterocycles. The summed E-state index contributed by atoms with van der Waals surface area (Å²) in [5.41, 5.74) is 21.4. The first kappa shape index (κ1) is 56.1. The lowest BCUT2D eigenvalue weighted by Crippen LogP contribution is -2.41. The van der Waals surface area contributed by atoms with Crippen LogP contribution >= 0.6 is 0 Å². The summed E-state index contributed by atoms with van der Waals surface area (Å²) in [7, 11) is 0. The molecule has 354 valence electrons. The summed E-state index contributed by atoms with van der Waals surface area (Å²) in [6.45, 7) is 0.895. The van der Waals surface area contributed by atoms with Gasteiger partial charge in [0.05, 0.1) is 6.04 Å². The molecule has 1 aliphatic rings. The van der Waals surface area contributed by atoms with Gasteiger partial charge in [0.15, 0.2) is 5.82 Å². The average molecular weight is 915 g/mol. The monoisotopic (exact) mass is 914 g/mol. The highest BCUT2D eigenvalue weighted by atomic mass is 16.6. The molecule has 5 atom stereocenters. The molecule has 1 aromatic carbocycles. The fourth-order valence-corrected chi connectivity index (χ4v) is 4.41. The van der Waals surface area contributed by atoms with E-state index < -0.39 is 77.8 Å². The van der Waals surface area contributed by atoms with Crippen LogP contribution < -0.4 is 49.8 Å². The van der Waals surface area contributed by atoms with Crippen LogP contribution in [0.3, 0.4) is 0 Å². The molecular formula is C35H50N10O19. The van der Waals surface area contributed by atoms with Gasteiger partial charge in [0.2, 0.25) is 5.95 Å². The van der Waals surface area contributed by atoms with Gasteiger partial charge in [-0.3, -0.25) is 52.9 Å². The zero-order valence-electron chi connectivity index (χ0n) is 33.6. The fraction of sp³-hybridized carbons (Fsp3) is 0.429. The molecule has 1 unspecified atom stereocenters. The molecule has 2 aromatic rings. The van der Waals surface area contributed by atoms with Crippen molar-refractivity contribution in [2.75, 3.05) is 34.8 Å². The zero-order valence-corrected chi connectivity index (χ0v) is 33.6. The molecule has 0 saturated heterocycles. The van der Waals surface area contributed by atoms with Gasteiger partial charge in [-0.25, -0.2) is 4.79 Å². The van der Waals surface area contributed by atoms with E-state index in [-0.39, 0.29) is 81.0 Å². The van der Waals surface area contributed by atoms with Crippen molar-refractivity contribution in [3.8, 4) is 0 Å². The number of fused-ring (bicyclic) bond motifs is 1. The normalized spacial score (nSPS) is 13.8. The van der Waals surface area contributed by atoms with Gasteiger partial charge < -0.3 is 84.7 Å². The van der Waals surface area contributed by atoms with Crippen molar-refractivity contribution in [3.63, 3.8) is 0 Å². The number of aliphatic carboxylic acids is 7. The van der Waals surface area contributed by atoms with Crippen molar-refractivity contribution in [1.29, 1.82) is 0 Å². The summed E-state index contributed by atoms with van der Waals surface area (Å²) in [6.07, 6.45) is -1.25. The Morgan fingerprint density at radius 2 is 1.20 bits per heavy atom. The molecular weight excluding hydrogens is 864 g/mol. The van der Waals surface area contributed by atoms with E-state index >= 15 is 0 Å². The molecule has 29 nitrogen and oxygen atoms in total. The first-order valence-corrected chi connectivity index (χ1v) is 18.4. The molecule has 0 saturated carbocycles. The number of aromatic amines is 1. The highest BCUT2D eigenvalue weighted by molar-refractivity contribution is 5.97. The quantitative estimate of drug-likeness (QED) is 0.0320. The number of carbonyl (C=O) groups is 10. The molecule has 20 N–H and O–H groups in total. The molecule has 0 radical (unpaired) electrons. The van der Waals surface area contributed by atoms with Gasteiger partial charge in [0.25, 0.3) is 11.5 Å². The third-order valence-corrected chi connectivity index (χ3v) is 7.88. The maximum atomic E-state index is 12.4. The summed E-state index contributed by atoms with van der Waals surface area (Å²) in [4.78, 5) is 123. The largest absolute Gasteiger partial charge is 0.481 e. The van der Waals surface area contributed by atoms with Gasteiger partial charge in [0.1, 0.15) is 29.9 Å². The number of nitrogens with one attached hydrogen (secondary N) is 5. The van der Waals surface area contributed by atoms with Crippen molar-refractivity contribution < 1.29 is 88.4 Å². The molecule has 0 fully saturated rings. The first-order valence-electron chi connectivity index (χ1n) is 18.4. The summed E-state index contributed by atoms with van der Waals surface area (Å²) >= 11 is 0. The second-order valence-electron chi connectivity index (χ2n) is 13.0. The Labute approximate surface area is 360 Å². The highest BCUT2D eigenvalue weighted by Gasteiger charge is 2.24. The van der Waals surface area contributed by atoms with Crippen LogP contribution in [0.15, 0.2) is 29.1 Å². The molecule has 64 heavy (non-hydrogen) atoms. The van der Waals surface area contributed by atoms with E-state index in [9.17, 15) is 57.8 Å². The summed E-state index contributed by atoms with van der Waals surface area (Å²) in [6, 6.07) is 1.67. The predicted octanol–water partition coefficient (Wildman–Crippen LogP) is -2.88. The lowest BCUT2D eigenvalue weighted by atomic mass is 10.1. The Kier molecular flexibility index (Phi) is 25.7. The van der Waals surface area contributed by atoms with Gasteiger partial charge in [-0.15, -0.1) is 0 Å². The molecule has 1 aromatic heterocycles. The lowest BCUT2D eigenvalue weighted by molar-refractivity contribution is -0.152. The van der Waals surface area contributed by atoms with Crippen LogP contribution in [0.5, 0.6) is 0 Å². The number of ether oxygens (including phenoxy) is 1. The van der Waals surface area contributed by atoms with Crippen LogP contribution in [-0.2, 0) is 47.9 Å². The SMILES string of the molecule is N[C@@H](CCC(=O)O)C(=O)O.N[C@@H](CCC(=O)O)C(=O)O.N[C@@H](CCC(=O)O)C(=O)O.Nc1nc2c(c(=O)[nH]1)NC(CNc1ccc(C(=O)N[C@@H](CCC(=O)OC=O)C(=O)O)cc1)CN2. The average Bonchev–Trinajstić information content (AvgIpc) is 3.22. The summed E-state index contributed by atoms with van der Waals surface area (Å²) < 4.78 is 4.10. The molecule has 0 bridgehead atoms. The number of amides is 1. The lowest BCUT2D eigenvalue weighted by Gasteiger charge is -2.27. The topological polar surface area (TPSA) is 519 Å². The molecule has 0 spiro atoms. The Hall–Kier alpha value is -7.92. The van der Waals surface area contributed by atoms with E-state index in [1.165, 1.54) is 12.1 Å². The third kappa shape index (κ3) is 24.4. The number of hydrogen-bond acceptors (Lipinski definition) is 20. The van der Waals surface area contributed by atoms with E-state index in [1.807, 2.05) is 0 Å². The van der Waals surface area contributed by atoms with Crippen molar-refractivity contribution in [2.45, 2.75) is 81.6 Å². The molecule has 29 heteroatoms. The minimum absolute atomic E-state index is 0.0221. The van der Waals surface area contributed by atoms with E-state index in [0.717, 1.165) is 0 Å². The second kappa shape index (κ2) is 29.4. The van der Waals surface area contributed by atoms with E-state index in [2.05, 4.69) is 36.0 Å². The first-order chi connectivity index (χ1) is 29.9. The molecule has 0 aliphatic carbocycles. The number of nitrogens with zero attached hydrogens (tertiary/aromatic N) is 1.